The third-order valence-corrected chi connectivity index (χ3v) is 6.97. The zero-order valence-electron chi connectivity index (χ0n) is 16.6. The number of rotatable bonds is 5. The van der Waals surface area contributed by atoms with Gasteiger partial charge in [0.25, 0.3) is 0 Å². The fraction of sp³-hybridized carbons (Fsp3) is 0.304. The number of nitrogens with one attached hydrogen (secondary N) is 1. The first-order chi connectivity index (χ1) is 14.5. The van der Waals surface area contributed by atoms with Crippen molar-refractivity contribution in [1.82, 2.24) is 10.3 Å². The van der Waals surface area contributed by atoms with Crippen LogP contribution in [0.15, 0.2) is 48.5 Å². The second-order valence-electron chi connectivity index (χ2n) is 7.41. The van der Waals surface area contributed by atoms with E-state index in [1.54, 1.807) is 11.3 Å². The van der Waals surface area contributed by atoms with E-state index < -0.39 is 5.41 Å². The van der Waals surface area contributed by atoms with Gasteiger partial charge in [-0.05, 0) is 49.6 Å². The first-order valence-electron chi connectivity index (χ1n) is 9.82. The molecular weight excluding hydrogens is 439 g/mol. The lowest BCUT2D eigenvalue weighted by Crippen LogP contribution is -2.47. The average Bonchev–Trinajstić information content (AvgIpc) is 3.13. The Balaban J connectivity index is 1.53. The number of ether oxygens (including phenoxy) is 1. The second kappa shape index (κ2) is 9.06. The van der Waals surface area contributed by atoms with Gasteiger partial charge in [-0.15, -0.1) is 11.3 Å². The number of nitrogens with zero attached hydrogens (tertiary/aromatic N) is 1. The monoisotopic (exact) mass is 460 g/mol. The smallest absolute Gasteiger partial charge is 0.231 e. The fourth-order valence-corrected chi connectivity index (χ4v) is 5.09. The highest BCUT2D eigenvalue weighted by molar-refractivity contribution is 7.12. The number of aryl methyl sites for hydroxylation is 1. The number of aromatic nitrogens is 1. The minimum atomic E-state index is -0.630. The van der Waals surface area contributed by atoms with E-state index in [-0.39, 0.29) is 5.91 Å². The lowest BCUT2D eigenvalue weighted by molar-refractivity contribution is -0.130. The highest BCUT2D eigenvalue weighted by Gasteiger charge is 2.41. The van der Waals surface area contributed by atoms with Crippen LogP contribution < -0.4 is 5.32 Å². The normalized spacial score (nSPS) is 15.7. The van der Waals surface area contributed by atoms with Crippen LogP contribution in [0.3, 0.4) is 0 Å². The first kappa shape index (κ1) is 21.3. The maximum atomic E-state index is 13.4. The summed E-state index contributed by atoms with van der Waals surface area (Å²) in [6.45, 7) is 3.54. The first-order valence-corrected chi connectivity index (χ1v) is 11.4. The van der Waals surface area contributed by atoms with Crippen molar-refractivity contribution in [2.45, 2.75) is 31.7 Å². The SMILES string of the molecule is Cc1sc(CNC(=O)C2(c3cccc(Cl)c3)CCOCC2)nc1-c1ccc(Cl)cc1. The molecule has 0 bridgehead atoms. The lowest BCUT2D eigenvalue weighted by Gasteiger charge is -2.36. The van der Waals surface area contributed by atoms with E-state index in [4.69, 9.17) is 32.9 Å². The van der Waals surface area contributed by atoms with Gasteiger partial charge in [-0.3, -0.25) is 4.79 Å². The minimum Gasteiger partial charge on any atom is -0.381 e. The molecule has 1 aromatic heterocycles. The number of thiazole rings is 1. The molecule has 0 radical (unpaired) electrons. The number of hydrogen-bond donors (Lipinski definition) is 1. The van der Waals surface area contributed by atoms with Crippen LogP contribution in [0, 0.1) is 6.92 Å². The Bertz CT molecular complexity index is 1040. The van der Waals surface area contributed by atoms with Crippen LogP contribution in [0.5, 0.6) is 0 Å². The van der Waals surface area contributed by atoms with Crippen molar-refractivity contribution < 1.29 is 9.53 Å². The molecule has 0 aliphatic carbocycles. The molecule has 1 saturated heterocycles. The molecule has 1 N–H and O–H groups in total. The predicted molar refractivity (Wildman–Crippen MR) is 122 cm³/mol. The zero-order chi connectivity index (χ0) is 21.1. The van der Waals surface area contributed by atoms with Gasteiger partial charge < -0.3 is 10.1 Å². The molecule has 0 atom stereocenters. The Labute approximate surface area is 190 Å². The summed E-state index contributed by atoms with van der Waals surface area (Å²) < 4.78 is 5.53. The summed E-state index contributed by atoms with van der Waals surface area (Å²) in [6, 6.07) is 15.2. The van der Waals surface area contributed by atoms with Gasteiger partial charge in [0.2, 0.25) is 5.91 Å². The summed E-state index contributed by atoms with van der Waals surface area (Å²) >= 11 is 13.8. The van der Waals surface area contributed by atoms with Gasteiger partial charge in [0, 0.05) is 33.7 Å². The van der Waals surface area contributed by atoms with Crippen molar-refractivity contribution in [2.24, 2.45) is 0 Å². The third kappa shape index (κ3) is 4.40. The molecular formula is C23H22Cl2N2O2S. The van der Waals surface area contributed by atoms with Gasteiger partial charge in [-0.25, -0.2) is 4.98 Å². The van der Waals surface area contributed by atoms with E-state index >= 15 is 0 Å². The van der Waals surface area contributed by atoms with Crippen molar-refractivity contribution in [3.05, 3.63) is 74.0 Å². The zero-order valence-corrected chi connectivity index (χ0v) is 18.9. The highest BCUT2D eigenvalue weighted by atomic mass is 35.5. The molecule has 30 heavy (non-hydrogen) atoms. The topological polar surface area (TPSA) is 51.2 Å². The maximum Gasteiger partial charge on any atom is 0.231 e. The molecule has 2 heterocycles. The molecule has 1 amide bonds. The summed E-state index contributed by atoms with van der Waals surface area (Å²) in [7, 11) is 0. The van der Waals surface area contributed by atoms with E-state index in [1.165, 1.54) is 0 Å². The van der Waals surface area contributed by atoms with E-state index in [0.717, 1.165) is 26.7 Å². The van der Waals surface area contributed by atoms with E-state index in [1.807, 2.05) is 55.5 Å². The number of amides is 1. The Morgan fingerprint density at radius 3 is 2.57 bits per heavy atom. The Hall–Kier alpha value is -1.92. The largest absolute Gasteiger partial charge is 0.381 e. The molecule has 7 heteroatoms. The fourth-order valence-electron chi connectivity index (χ4n) is 3.88. The van der Waals surface area contributed by atoms with Crippen LogP contribution in [0.25, 0.3) is 11.3 Å². The molecule has 4 rings (SSSR count). The standard InChI is InChI=1S/C23H22Cl2N2O2S/c1-15-21(16-5-7-18(24)8-6-16)27-20(30-15)14-26-22(28)23(9-11-29-12-10-23)17-3-2-4-19(25)13-17/h2-8,13H,9-12,14H2,1H3,(H,26,28). The van der Waals surface area contributed by atoms with Crippen LogP contribution in [0.4, 0.5) is 0 Å². The van der Waals surface area contributed by atoms with Gasteiger partial charge in [0.15, 0.2) is 0 Å². The van der Waals surface area contributed by atoms with Crippen molar-refractivity contribution >= 4 is 40.4 Å². The Morgan fingerprint density at radius 2 is 1.87 bits per heavy atom. The van der Waals surface area contributed by atoms with Crippen LogP contribution in [0.1, 0.15) is 28.3 Å². The predicted octanol–water partition coefficient (Wildman–Crippen LogP) is 5.79. The Kier molecular flexibility index (Phi) is 6.44. The summed E-state index contributed by atoms with van der Waals surface area (Å²) in [4.78, 5) is 19.2. The van der Waals surface area contributed by atoms with Crippen LogP contribution in [-0.4, -0.2) is 24.1 Å². The van der Waals surface area contributed by atoms with Gasteiger partial charge in [-0.2, -0.15) is 0 Å². The Morgan fingerprint density at radius 1 is 1.13 bits per heavy atom. The van der Waals surface area contributed by atoms with E-state index in [9.17, 15) is 4.79 Å². The molecule has 0 saturated carbocycles. The van der Waals surface area contributed by atoms with Crippen molar-refractivity contribution in [3.8, 4) is 11.3 Å². The molecule has 4 nitrogen and oxygen atoms in total. The van der Waals surface area contributed by atoms with Crippen molar-refractivity contribution in [2.75, 3.05) is 13.2 Å². The van der Waals surface area contributed by atoms with Gasteiger partial charge >= 0.3 is 0 Å². The van der Waals surface area contributed by atoms with E-state index in [2.05, 4.69) is 5.32 Å². The van der Waals surface area contributed by atoms with Crippen LogP contribution in [-0.2, 0) is 21.5 Å². The third-order valence-electron chi connectivity index (χ3n) is 5.52. The molecule has 0 unspecified atom stereocenters. The lowest BCUT2D eigenvalue weighted by atomic mass is 9.73. The van der Waals surface area contributed by atoms with Gasteiger partial charge in [-0.1, -0.05) is 47.5 Å². The van der Waals surface area contributed by atoms with Crippen LogP contribution >= 0.6 is 34.5 Å². The number of halogens is 2. The van der Waals surface area contributed by atoms with Gasteiger partial charge in [0.1, 0.15) is 5.01 Å². The highest BCUT2D eigenvalue weighted by Crippen LogP contribution is 2.36. The number of carbonyl (C=O) groups is 1. The molecule has 1 aliphatic rings. The summed E-state index contributed by atoms with van der Waals surface area (Å²) in [6.07, 6.45) is 1.26. The molecule has 2 aromatic carbocycles. The number of carbonyl (C=O) groups excluding carboxylic acids is 1. The number of hydrogen-bond acceptors (Lipinski definition) is 4. The maximum absolute atomic E-state index is 13.4. The van der Waals surface area contributed by atoms with Crippen molar-refractivity contribution in [1.29, 1.82) is 0 Å². The summed E-state index contributed by atoms with van der Waals surface area (Å²) in [5.74, 6) is -0.00559. The summed E-state index contributed by atoms with van der Waals surface area (Å²) in [5.41, 5.74) is 2.25. The van der Waals surface area contributed by atoms with Crippen molar-refractivity contribution in [3.63, 3.8) is 0 Å². The minimum absolute atomic E-state index is 0.00559. The molecule has 156 valence electrons. The van der Waals surface area contributed by atoms with Gasteiger partial charge in [0.05, 0.1) is 17.7 Å². The molecule has 1 aliphatic heterocycles. The average molecular weight is 461 g/mol. The second-order valence-corrected chi connectivity index (χ2v) is 9.57. The molecule has 0 spiro atoms. The van der Waals surface area contributed by atoms with Crippen LogP contribution in [0.2, 0.25) is 10.0 Å². The molecule has 3 aromatic rings. The quantitative estimate of drug-likeness (QED) is 0.523. The molecule has 1 fully saturated rings. The summed E-state index contributed by atoms with van der Waals surface area (Å²) in [5, 5.41) is 5.32. The number of benzene rings is 2. The van der Waals surface area contributed by atoms with E-state index in [0.29, 0.717) is 42.6 Å².